The number of para-hydroxylation sites is 4. The van der Waals surface area contributed by atoms with Gasteiger partial charge < -0.3 is 13.2 Å². The fraction of sp³-hybridized carbons (Fsp3) is 0.0976. The number of hydrogen-bond acceptors (Lipinski definition) is 3. The molecule has 0 atom stereocenters. The van der Waals surface area contributed by atoms with Crippen molar-refractivity contribution >= 4 is 131 Å². The van der Waals surface area contributed by atoms with E-state index in [1.165, 1.54) is 21.9 Å². The number of nitrogens with zero attached hydrogens (tertiary/aromatic N) is 6. The van der Waals surface area contributed by atoms with E-state index in [2.05, 4.69) is 320 Å². The van der Waals surface area contributed by atoms with Crippen molar-refractivity contribution in [3.63, 3.8) is 0 Å². The van der Waals surface area contributed by atoms with Crippen LogP contribution in [0.5, 0.6) is 0 Å². The molecule has 0 spiro atoms. The number of benzene rings is 11. The van der Waals surface area contributed by atoms with Crippen LogP contribution in [0.15, 0.2) is 272 Å². The Morgan fingerprint density at radius 2 is 1.00 bits per heavy atom. The monoisotopic (exact) mass is 1150 g/mol. The zero-order valence-corrected chi connectivity index (χ0v) is 50.5. The summed E-state index contributed by atoms with van der Waals surface area (Å²) in [5, 5.41) is 13.2. The third kappa shape index (κ3) is 8.40. The van der Waals surface area contributed by atoms with Crippen molar-refractivity contribution in [2.24, 2.45) is 0 Å². The van der Waals surface area contributed by atoms with Gasteiger partial charge in [0.1, 0.15) is 17.0 Å². The van der Waals surface area contributed by atoms with E-state index in [1.807, 2.05) is 6.20 Å². The average molecular weight is 1150 g/mol. The predicted octanol–water partition coefficient (Wildman–Crippen LogP) is 21.9. The zero-order valence-electron chi connectivity index (χ0n) is 50.5. The highest BCUT2D eigenvalue weighted by molar-refractivity contribution is 6.21. The molecule has 0 saturated heterocycles. The summed E-state index contributed by atoms with van der Waals surface area (Å²) in [6.07, 6.45) is 4.18. The summed E-state index contributed by atoms with van der Waals surface area (Å²) in [7, 11) is 0. The molecule has 0 amide bonds. The first-order chi connectivity index (χ1) is 43.4. The first kappa shape index (κ1) is 52.3. The molecule has 11 aromatic carbocycles. The average Bonchev–Trinajstić information content (AvgIpc) is 1.65. The van der Waals surface area contributed by atoms with Gasteiger partial charge in [-0.1, -0.05) is 211 Å². The second-order valence-corrected chi connectivity index (χ2v) is 25.9. The summed E-state index contributed by atoms with van der Waals surface area (Å²) in [6.45, 7) is 13.6. The van der Waals surface area contributed by atoms with Crippen LogP contribution in [0, 0.1) is 0 Å². The first-order valence-electron chi connectivity index (χ1n) is 30.8. The maximum Gasteiger partial charge on any atom is 0.153 e. The van der Waals surface area contributed by atoms with E-state index in [0.717, 1.165) is 132 Å². The van der Waals surface area contributed by atoms with Crippen molar-refractivity contribution in [3.05, 3.63) is 278 Å². The molecule has 0 N–H and O–H groups in total. The highest BCUT2D eigenvalue weighted by Gasteiger charge is 2.23. The van der Waals surface area contributed by atoms with Gasteiger partial charge in [0.05, 0.1) is 49.8 Å². The van der Waals surface area contributed by atoms with E-state index in [1.54, 1.807) is 0 Å². The van der Waals surface area contributed by atoms with Crippen molar-refractivity contribution < 1.29 is 4.42 Å². The largest absolute Gasteiger partial charge is 0.455 e. The van der Waals surface area contributed by atoms with Crippen LogP contribution in [-0.2, 0) is 10.8 Å². The van der Waals surface area contributed by atoms with Gasteiger partial charge in [0.25, 0.3) is 0 Å². The van der Waals surface area contributed by atoms with E-state index >= 15 is 0 Å². The number of imidazole rings is 1. The maximum absolute atomic E-state index is 7.68. The first-order valence-corrected chi connectivity index (χ1v) is 30.8. The number of aromatic nitrogens is 6. The Morgan fingerprint density at radius 1 is 0.382 bits per heavy atom. The van der Waals surface area contributed by atoms with Gasteiger partial charge in [-0.05, 0) is 123 Å². The molecule has 0 fully saturated rings. The van der Waals surface area contributed by atoms with Gasteiger partial charge in [0.2, 0.25) is 0 Å². The molecule has 7 heteroatoms. The molecule has 0 radical (unpaired) electrons. The van der Waals surface area contributed by atoms with Crippen LogP contribution in [0.1, 0.15) is 52.7 Å². The molecular weight excluding hydrogens is 1080 g/mol. The van der Waals surface area contributed by atoms with Crippen LogP contribution in [0.25, 0.3) is 154 Å². The summed E-state index contributed by atoms with van der Waals surface area (Å²) in [6, 6.07) is 93.1. The van der Waals surface area contributed by atoms with Crippen molar-refractivity contribution in [1.82, 2.24) is 27.9 Å². The lowest BCUT2D eigenvalue weighted by molar-refractivity contribution is 0.588. The SMILES string of the molecule is CC(C)(C)c1ccnc(-n2c3ccccc3c3cc4c(cc32)oc2cccc(c2)c2nc(cn2-c2ccc(C(C)(C)C)cc2-c2ccccc2)c2ccccc2c2cccc(c2)n2c3ccccc3c3ccc(cc32)c2cccc3c5ccccc5n4c23)c1. The zero-order chi connectivity index (χ0) is 59.9. The molecular formula is C82H62N6O. The Labute approximate surface area is 513 Å². The van der Waals surface area contributed by atoms with E-state index in [0.29, 0.717) is 11.2 Å². The summed E-state index contributed by atoms with van der Waals surface area (Å²) in [5.41, 5.74) is 17.0. The lowest BCUT2D eigenvalue weighted by atomic mass is 9.85. The van der Waals surface area contributed by atoms with Crippen LogP contribution in [0.3, 0.4) is 0 Å². The van der Waals surface area contributed by atoms with Crippen molar-refractivity contribution in [3.8, 4) is 22.6 Å². The van der Waals surface area contributed by atoms with Crippen molar-refractivity contribution in [2.45, 2.75) is 52.4 Å². The van der Waals surface area contributed by atoms with Gasteiger partial charge in [-0.25, -0.2) is 9.97 Å². The molecule has 0 saturated carbocycles. The molecule has 0 aliphatic heterocycles. The second-order valence-electron chi connectivity index (χ2n) is 25.9. The Bertz CT molecular complexity index is 6020. The van der Waals surface area contributed by atoms with E-state index in [4.69, 9.17) is 14.4 Å². The van der Waals surface area contributed by atoms with E-state index < -0.39 is 0 Å². The summed E-state index contributed by atoms with van der Waals surface area (Å²) >= 11 is 0. The highest BCUT2D eigenvalue weighted by atomic mass is 16.3. The van der Waals surface area contributed by atoms with Crippen molar-refractivity contribution in [2.75, 3.05) is 0 Å². The lowest BCUT2D eigenvalue weighted by Crippen LogP contribution is -2.12. The molecule has 17 aromatic rings. The van der Waals surface area contributed by atoms with Gasteiger partial charge in [0.15, 0.2) is 5.58 Å². The minimum Gasteiger partial charge on any atom is -0.455 e. The Hall–Kier alpha value is -11.0. The third-order valence-corrected chi connectivity index (χ3v) is 18.4. The Kier molecular flexibility index (Phi) is 11.6. The fourth-order valence-corrected chi connectivity index (χ4v) is 14.0. The smallest absolute Gasteiger partial charge is 0.153 e. The molecule has 17 rings (SSSR count). The Balaban J connectivity index is 1.11. The van der Waals surface area contributed by atoms with Gasteiger partial charge >= 0.3 is 0 Å². The molecule has 426 valence electrons. The lowest BCUT2D eigenvalue weighted by Gasteiger charge is -2.22. The molecule has 6 aromatic heterocycles. The Morgan fingerprint density at radius 3 is 1.79 bits per heavy atom. The topological polar surface area (TPSA) is 57.6 Å². The fourth-order valence-electron chi connectivity index (χ4n) is 14.0. The standard InChI is InChI=1S/C82H62N6O/c1-81(2,3)55-38-40-70(67(46-55)51-21-8-7-9-22-51)85-50-69-61-28-11-10-27-59(61)52-23-18-25-57(43-52)86-71-34-15-12-29-62(71)65-39-37-53(45-74(65)86)60-32-20-33-66-63-30-13-17-36-73(63)88(79(60)66)76-48-68-64-31-14-16-35-72(64)87(78-47-56(41-42-83-78)82(4,5)6)75(68)49-77(76)89-58-26-19-24-54(44-58)80(85)84-69/h7-50H,1-6H3. The third-order valence-electron chi connectivity index (χ3n) is 18.4. The quantitative estimate of drug-likeness (QED) is 0.177. The van der Waals surface area contributed by atoms with Crippen LogP contribution in [0.2, 0.25) is 0 Å². The normalized spacial score (nSPS) is 12.4. The molecule has 6 heterocycles. The molecule has 0 aliphatic carbocycles. The van der Waals surface area contributed by atoms with E-state index in [9.17, 15) is 0 Å². The van der Waals surface area contributed by atoms with Crippen molar-refractivity contribution in [1.29, 1.82) is 0 Å². The van der Waals surface area contributed by atoms with Crippen LogP contribution in [-0.4, -0.2) is 27.9 Å². The van der Waals surface area contributed by atoms with Crippen LogP contribution in [0.4, 0.5) is 0 Å². The van der Waals surface area contributed by atoms with Gasteiger partial charge in [-0.2, -0.15) is 0 Å². The predicted molar refractivity (Wildman–Crippen MR) is 374 cm³/mol. The number of pyridine rings is 1. The number of hydrogen-bond donors (Lipinski definition) is 0. The minimum absolute atomic E-state index is 0.0890. The maximum atomic E-state index is 7.68. The highest BCUT2D eigenvalue weighted by Crippen LogP contribution is 2.42. The van der Waals surface area contributed by atoms with E-state index in [-0.39, 0.29) is 10.8 Å². The van der Waals surface area contributed by atoms with Crippen LogP contribution >= 0.6 is 0 Å². The van der Waals surface area contributed by atoms with Gasteiger partial charge in [0, 0.05) is 78.0 Å². The van der Waals surface area contributed by atoms with Crippen LogP contribution < -0.4 is 0 Å². The molecule has 0 unspecified atom stereocenters. The van der Waals surface area contributed by atoms with Gasteiger partial charge in [-0.15, -0.1) is 0 Å². The molecule has 0 aliphatic rings. The number of rotatable bonds is 3. The van der Waals surface area contributed by atoms with Gasteiger partial charge in [-0.3, -0.25) is 9.13 Å². The molecule has 89 heavy (non-hydrogen) atoms. The summed E-state index contributed by atoms with van der Waals surface area (Å²) < 4.78 is 17.2. The second kappa shape index (κ2) is 19.8. The summed E-state index contributed by atoms with van der Waals surface area (Å²) in [5.74, 6) is 0.848. The number of fused-ring (bicyclic) bond motifs is 24. The minimum atomic E-state index is -0.100. The molecule has 7 nitrogen and oxygen atoms in total. The summed E-state index contributed by atoms with van der Waals surface area (Å²) in [4.78, 5) is 10.9. The molecule has 8 bridgehead atoms.